The highest BCUT2D eigenvalue weighted by Crippen LogP contribution is 2.23. The molecule has 2 aliphatic heterocycles. The van der Waals surface area contributed by atoms with Gasteiger partial charge in [-0.2, -0.15) is 13.2 Å². The van der Waals surface area contributed by atoms with Crippen LogP contribution in [0.1, 0.15) is 32.1 Å². The molecular formula is C18H33F3N4O2. The molecule has 1 atom stereocenters. The summed E-state index contributed by atoms with van der Waals surface area (Å²) in [5.74, 6) is 1.23. The van der Waals surface area contributed by atoms with Crippen LogP contribution >= 0.6 is 0 Å². The number of rotatable bonds is 9. The van der Waals surface area contributed by atoms with Gasteiger partial charge in [-0.3, -0.25) is 9.89 Å². The van der Waals surface area contributed by atoms with Crippen LogP contribution in [0.5, 0.6) is 0 Å². The quantitative estimate of drug-likeness (QED) is 0.356. The number of nitrogens with one attached hydrogen (secondary N) is 2. The maximum absolute atomic E-state index is 12.4. The van der Waals surface area contributed by atoms with Crippen LogP contribution in [-0.4, -0.2) is 82.7 Å². The predicted octanol–water partition coefficient (Wildman–Crippen LogP) is 2.01. The summed E-state index contributed by atoms with van der Waals surface area (Å²) in [5, 5.41) is 6.54. The van der Waals surface area contributed by atoms with Crippen molar-refractivity contribution < 1.29 is 22.6 Å². The Hall–Kier alpha value is -1.06. The van der Waals surface area contributed by atoms with Crippen molar-refractivity contribution in [3.05, 3.63) is 0 Å². The summed E-state index contributed by atoms with van der Waals surface area (Å²) in [5.41, 5.74) is 0. The summed E-state index contributed by atoms with van der Waals surface area (Å²) in [6.07, 6.45) is 0.622. The molecule has 0 amide bonds. The van der Waals surface area contributed by atoms with Gasteiger partial charge >= 0.3 is 6.18 Å². The molecule has 0 aromatic heterocycles. The molecule has 0 radical (unpaired) electrons. The van der Waals surface area contributed by atoms with Crippen molar-refractivity contribution >= 4 is 5.96 Å². The van der Waals surface area contributed by atoms with Crippen LogP contribution in [0, 0.1) is 5.92 Å². The lowest BCUT2D eigenvalue weighted by Crippen LogP contribution is -2.41. The standard InChI is InChI=1S/C18H33F3N4O2/c1-22-17(23-7-2-11-27-16-6-12-26-13-16)24-8-3-15-4-9-25(10-5-15)14-18(19,20)21/h15-16H,2-14H2,1H3,(H2,22,23,24). The van der Waals surface area contributed by atoms with Gasteiger partial charge in [-0.25, -0.2) is 0 Å². The van der Waals surface area contributed by atoms with Gasteiger partial charge in [-0.15, -0.1) is 0 Å². The fraction of sp³-hybridized carbons (Fsp3) is 0.944. The fourth-order valence-electron chi connectivity index (χ4n) is 3.48. The number of nitrogens with zero attached hydrogens (tertiary/aromatic N) is 2. The number of likely N-dealkylation sites (tertiary alicyclic amines) is 1. The summed E-state index contributed by atoms with van der Waals surface area (Å²) in [6, 6.07) is 0. The largest absolute Gasteiger partial charge is 0.401 e. The predicted molar refractivity (Wildman–Crippen MR) is 99.0 cm³/mol. The summed E-state index contributed by atoms with van der Waals surface area (Å²) in [4.78, 5) is 5.70. The lowest BCUT2D eigenvalue weighted by molar-refractivity contribution is -0.148. The van der Waals surface area contributed by atoms with E-state index in [1.54, 1.807) is 7.05 Å². The maximum Gasteiger partial charge on any atom is 0.401 e. The molecule has 2 N–H and O–H groups in total. The number of hydrogen-bond donors (Lipinski definition) is 2. The van der Waals surface area contributed by atoms with Crippen LogP contribution < -0.4 is 10.6 Å². The molecule has 0 spiro atoms. The van der Waals surface area contributed by atoms with E-state index in [-0.39, 0.29) is 6.10 Å². The van der Waals surface area contributed by atoms with Crippen LogP contribution in [0.15, 0.2) is 4.99 Å². The van der Waals surface area contributed by atoms with Crippen molar-refractivity contribution in [1.82, 2.24) is 15.5 Å². The van der Waals surface area contributed by atoms with E-state index in [0.717, 1.165) is 57.8 Å². The fourth-order valence-corrected chi connectivity index (χ4v) is 3.48. The second kappa shape index (κ2) is 11.7. The Labute approximate surface area is 159 Å². The first-order valence-electron chi connectivity index (χ1n) is 9.89. The van der Waals surface area contributed by atoms with Crippen molar-refractivity contribution in [3.8, 4) is 0 Å². The maximum atomic E-state index is 12.4. The van der Waals surface area contributed by atoms with Crippen molar-refractivity contribution in [1.29, 1.82) is 0 Å². The Morgan fingerprint density at radius 2 is 1.93 bits per heavy atom. The molecule has 0 aliphatic carbocycles. The molecular weight excluding hydrogens is 361 g/mol. The number of aliphatic imine (C=N–C) groups is 1. The van der Waals surface area contributed by atoms with Gasteiger partial charge < -0.3 is 20.1 Å². The number of guanidine groups is 1. The average molecular weight is 394 g/mol. The minimum Gasteiger partial charge on any atom is -0.379 e. The highest BCUT2D eigenvalue weighted by Gasteiger charge is 2.32. The highest BCUT2D eigenvalue weighted by atomic mass is 19.4. The third-order valence-corrected chi connectivity index (χ3v) is 5.03. The number of ether oxygens (including phenoxy) is 2. The smallest absolute Gasteiger partial charge is 0.379 e. The van der Waals surface area contributed by atoms with E-state index in [9.17, 15) is 13.2 Å². The molecule has 2 aliphatic rings. The third-order valence-electron chi connectivity index (χ3n) is 5.03. The van der Waals surface area contributed by atoms with E-state index in [2.05, 4.69) is 15.6 Å². The Kier molecular flexibility index (Phi) is 9.64. The first-order chi connectivity index (χ1) is 13.0. The third kappa shape index (κ3) is 9.62. The van der Waals surface area contributed by atoms with Gasteiger partial charge in [0, 0.05) is 33.4 Å². The van der Waals surface area contributed by atoms with Crippen LogP contribution in [0.4, 0.5) is 13.2 Å². The van der Waals surface area contributed by atoms with Gasteiger partial charge in [0.05, 0.1) is 19.3 Å². The molecule has 1 unspecified atom stereocenters. The van der Waals surface area contributed by atoms with Crippen LogP contribution in [0.25, 0.3) is 0 Å². The molecule has 2 rings (SSSR count). The van der Waals surface area contributed by atoms with Gasteiger partial charge in [0.15, 0.2) is 5.96 Å². The monoisotopic (exact) mass is 394 g/mol. The van der Waals surface area contributed by atoms with Crippen molar-refractivity contribution in [2.24, 2.45) is 10.9 Å². The van der Waals surface area contributed by atoms with Gasteiger partial charge in [-0.05, 0) is 51.1 Å². The van der Waals surface area contributed by atoms with Crippen molar-refractivity contribution in [2.75, 3.05) is 59.6 Å². The van der Waals surface area contributed by atoms with E-state index < -0.39 is 12.7 Å². The molecule has 2 heterocycles. The molecule has 2 fully saturated rings. The first kappa shape index (κ1) is 22.2. The Balaban J connectivity index is 1.48. The summed E-state index contributed by atoms with van der Waals surface area (Å²) in [7, 11) is 1.73. The second-order valence-electron chi connectivity index (χ2n) is 7.26. The van der Waals surface area contributed by atoms with Crippen LogP contribution in [0.2, 0.25) is 0 Å². The second-order valence-corrected chi connectivity index (χ2v) is 7.26. The highest BCUT2D eigenvalue weighted by molar-refractivity contribution is 5.79. The molecule has 0 aromatic rings. The van der Waals surface area contributed by atoms with Gasteiger partial charge in [-0.1, -0.05) is 0 Å². The zero-order valence-corrected chi connectivity index (χ0v) is 16.2. The Bertz CT molecular complexity index is 435. The minimum absolute atomic E-state index is 0.241. The van der Waals surface area contributed by atoms with Crippen LogP contribution in [0.3, 0.4) is 0 Å². The molecule has 0 bridgehead atoms. The van der Waals surface area contributed by atoms with E-state index in [0.29, 0.717) is 32.2 Å². The normalized spacial score (nSPS) is 23.0. The SMILES string of the molecule is CN=C(NCCCOC1CCOC1)NCCC1CCN(CC(F)(F)F)CC1. The minimum atomic E-state index is -4.09. The molecule has 0 saturated carbocycles. The molecule has 6 nitrogen and oxygen atoms in total. The lowest BCUT2D eigenvalue weighted by Gasteiger charge is -2.32. The summed E-state index contributed by atoms with van der Waals surface area (Å²) >= 11 is 0. The molecule has 27 heavy (non-hydrogen) atoms. The molecule has 2 saturated heterocycles. The number of alkyl halides is 3. The van der Waals surface area contributed by atoms with Crippen LogP contribution in [-0.2, 0) is 9.47 Å². The van der Waals surface area contributed by atoms with Gasteiger partial charge in [0.2, 0.25) is 0 Å². The van der Waals surface area contributed by atoms with E-state index >= 15 is 0 Å². The molecule has 158 valence electrons. The Morgan fingerprint density at radius 3 is 2.56 bits per heavy atom. The van der Waals surface area contributed by atoms with E-state index in [1.807, 2.05) is 0 Å². The lowest BCUT2D eigenvalue weighted by atomic mass is 9.93. The number of hydrogen-bond acceptors (Lipinski definition) is 4. The summed E-state index contributed by atoms with van der Waals surface area (Å²) in [6.45, 7) is 4.03. The zero-order valence-electron chi connectivity index (χ0n) is 16.2. The average Bonchev–Trinajstić information content (AvgIpc) is 3.13. The van der Waals surface area contributed by atoms with Crippen molar-refractivity contribution in [2.45, 2.75) is 44.4 Å². The van der Waals surface area contributed by atoms with E-state index in [4.69, 9.17) is 9.47 Å². The zero-order chi connectivity index (χ0) is 19.5. The first-order valence-corrected chi connectivity index (χ1v) is 9.89. The Morgan fingerprint density at radius 1 is 1.19 bits per heavy atom. The van der Waals surface area contributed by atoms with Crippen molar-refractivity contribution in [3.63, 3.8) is 0 Å². The summed E-state index contributed by atoms with van der Waals surface area (Å²) < 4.78 is 48.2. The van der Waals surface area contributed by atoms with Gasteiger partial charge in [0.1, 0.15) is 0 Å². The molecule has 0 aromatic carbocycles. The van der Waals surface area contributed by atoms with E-state index in [1.165, 1.54) is 4.90 Å². The topological polar surface area (TPSA) is 58.1 Å². The number of piperidine rings is 1. The number of halogens is 3. The van der Waals surface area contributed by atoms with Gasteiger partial charge in [0.25, 0.3) is 0 Å². The molecule has 9 heteroatoms.